The zero-order valence-electron chi connectivity index (χ0n) is 17.4. The van der Waals surface area contributed by atoms with Gasteiger partial charge in [-0.2, -0.15) is 0 Å². The Morgan fingerprint density at radius 2 is 2.00 bits per heavy atom. The second-order valence-electron chi connectivity index (χ2n) is 9.63. The lowest BCUT2D eigenvalue weighted by Gasteiger charge is -2.60. The largest absolute Gasteiger partial charge is 0.366 e. The van der Waals surface area contributed by atoms with Crippen LogP contribution in [0, 0.1) is 11.2 Å². The average Bonchev–Trinajstić information content (AvgIpc) is 2.65. The van der Waals surface area contributed by atoms with Crippen LogP contribution in [0.15, 0.2) is 18.2 Å². The fraction of sp³-hybridized carbons (Fsp3) is 0.636. The smallest absolute Gasteiger partial charge is 0.320 e. The van der Waals surface area contributed by atoms with Gasteiger partial charge in [-0.1, -0.05) is 12.1 Å². The molecule has 31 heavy (non-hydrogen) atoms. The zero-order valence-corrected chi connectivity index (χ0v) is 17.4. The Balaban J connectivity index is 1.14. The second kappa shape index (κ2) is 7.12. The van der Waals surface area contributed by atoms with Gasteiger partial charge >= 0.3 is 6.03 Å². The minimum Gasteiger partial charge on any atom is -0.366 e. The Morgan fingerprint density at radius 3 is 2.68 bits per heavy atom. The molecule has 2 atom stereocenters. The third-order valence-electron chi connectivity index (χ3n) is 7.22. The van der Waals surface area contributed by atoms with Crippen molar-refractivity contribution in [3.63, 3.8) is 0 Å². The quantitative estimate of drug-likeness (QED) is 0.774. The summed E-state index contributed by atoms with van der Waals surface area (Å²) in [6.45, 7) is 3.14. The molecule has 0 aromatic heterocycles. The molecule has 5 rings (SSSR count). The van der Waals surface area contributed by atoms with Crippen LogP contribution in [0.3, 0.4) is 0 Å². The maximum atomic E-state index is 14.4. The number of carbonyl (C=O) groups excluding carboxylic acids is 2. The summed E-state index contributed by atoms with van der Waals surface area (Å²) >= 11 is 0. The SMILES string of the molecule is CC(F)(F)c1ccc(C2CC3(C2)CN(C(=O)N2CCC4OCC(=O)NC4C2)C3)c(F)c1. The standard InChI is InChI=1S/C22H26F3N3O3/c1-21(24,25)14-2-3-15(16(23)6-14)13-7-22(8-13)11-28(12-22)20(30)27-5-4-18-17(9-27)26-19(29)10-31-18/h2-3,6,13,17-18H,4-5,7-12H2,1H3,(H,26,29). The summed E-state index contributed by atoms with van der Waals surface area (Å²) in [6, 6.07) is 3.52. The molecular weight excluding hydrogens is 411 g/mol. The van der Waals surface area contributed by atoms with Crippen LogP contribution < -0.4 is 5.32 Å². The average molecular weight is 437 g/mol. The van der Waals surface area contributed by atoms with Crippen LogP contribution in [0.5, 0.6) is 0 Å². The van der Waals surface area contributed by atoms with Gasteiger partial charge in [0, 0.05) is 44.1 Å². The van der Waals surface area contributed by atoms with Crippen LogP contribution in [0.2, 0.25) is 0 Å². The minimum atomic E-state index is -3.06. The van der Waals surface area contributed by atoms with Gasteiger partial charge in [-0.15, -0.1) is 0 Å². The molecule has 3 aliphatic heterocycles. The summed E-state index contributed by atoms with van der Waals surface area (Å²) in [5, 5.41) is 2.90. The van der Waals surface area contributed by atoms with Gasteiger partial charge in [-0.05, 0) is 36.8 Å². The first-order valence-electron chi connectivity index (χ1n) is 10.8. The van der Waals surface area contributed by atoms with Gasteiger partial charge in [0.1, 0.15) is 12.4 Å². The molecule has 1 aromatic carbocycles. The number of urea groups is 1. The Hall–Kier alpha value is -2.29. The van der Waals surface area contributed by atoms with E-state index in [2.05, 4.69) is 5.32 Å². The highest BCUT2D eigenvalue weighted by Crippen LogP contribution is 2.56. The molecule has 1 saturated carbocycles. The molecule has 4 aliphatic rings. The fourth-order valence-corrected chi connectivity index (χ4v) is 5.57. The van der Waals surface area contributed by atoms with Gasteiger partial charge in [-0.3, -0.25) is 4.79 Å². The Bertz CT molecular complexity index is 905. The van der Waals surface area contributed by atoms with Crippen LogP contribution in [-0.4, -0.2) is 66.7 Å². The number of piperidine rings is 1. The number of halogens is 3. The molecule has 1 N–H and O–H groups in total. The molecule has 0 bridgehead atoms. The molecule has 168 valence electrons. The molecular formula is C22H26F3N3O3. The second-order valence-corrected chi connectivity index (χ2v) is 9.63. The number of hydrogen-bond donors (Lipinski definition) is 1. The van der Waals surface area contributed by atoms with E-state index in [0.29, 0.717) is 38.2 Å². The van der Waals surface area contributed by atoms with E-state index in [1.807, 2.05) is 0 Å². The Morgan fingerprint density at radius 1 is 1.26 bits per heavy atom. The third kappa shape index (κ3) is 3.66. The summed E-state index contributed by atoms with van der Waals surface area (Å²) in [6.07, 6.45) is 2.17. The van der Waals surface area contributed by atoms with E-state index >= 15 is 0 Å². The predicted octanol–water partition coefficient (Wildman–Crippen LogP) is 2.83. The number of rotatable bonds is 2. The summed E-state index contributed by atoms with van der Waals surface area (Å²) in [5.74, 6) is -3.79. The number of ether oxygens (including phenoxy) is 1. The predicted molar refractivity (Wildman–Crippen MR) is 105 cm³/mol. The van der Waals surface area contributed by atoms with Crippen molar-refractivity contribution < 1.29 is 27.5 Å². The number of benzene rings is 1. The number of alkyl halides is 2. The Kier molecular flexibility index (Phi) is 4.73. The molecule has 1 spiro atoms. The van der Waals surface area contributed by atoms with Crippen LogP contribution in [0.1, 0.15) is 43.2 Å². The molecule has 3 amide bonds. The fourth-order valence-electron chi connectivity index (χ4n) is 5.57. The van der Waals surface area contributed by atoms with Gasteiger partial charge in [0.25, 0.3) is 5.92 Å². The first kappa shape index (κ1) is 20.6. The summed E-state index contributed by atoms with van der Waals surface area (Å²) in [4.78, 5) is 28.0. The number of likely N-dealkylation sites (tertiary alicyclic amines) is 2. The van der Waals surface area contributed by atoms with Crippen LogP contribution >= 0.6 is 0 Å². The van der Waals surface area contributed by atoms with Gasteiger partial charge in [-0.25, -0.2) is 18.0 Å². The zero-order chi connectivity index (χ0) is 22.0. The number of morpholine rings is 1. The maximum Gasteiger partial charge on any atom is 0.320 e. The number of nitrogens with one attached hydrogen (secondary N) is 1. The molecule has 3 heterocycles. The third-order valence-corrected chi connectivity index (χ3v) is 7.22. The van der Waals surface area contributed by atoms with Gasteiger partial charge in [0.15, 0.2) is 0 Å². The van der Waals surface area contributed by atoms with Crippen molar-refractivity contribution in [2.24, 2.45) is 5.41 Å². The van der Waals surface area contributed by atoms with Crippen LogP contribution in [0.4, 0.5) is 18.0 Å². The van der Waals surface area contributed by atoms with E-state index in [9.17, 15) is 22.8 Å². The van der Waals surface area contributed by atoms with Crippen molar-refractivity contribution in [1.82, 2.24) is 15.1 Å². The van der Waals surface area contributed by atoms with Crippen molar-refractivity contribution in [3.05, 3.63) is 35.1 Å². The lowest BCUT2D eigenvalue weighted by Crippen LogP contribution is -2.68. The van der Waals surface area contributed by atoms with Crippen molar-refractivity contribution in [1.29, 1.82) is 0 Å². The van der Waals surface area contributed by atoms with E-state index in [4.69, 9.17) is 4.74 Å². The first-order valence-corrected chi connectivity index (χ1v) is 10.8. The molecule has 2 unspecified atom stereocenters. The van der Waals surface area contributed by atoms with Crippen molar-refractivity contribution in [2.45, 2.75) is 50.2 Å². The highest BCUT2D eigenvalue weighted by Gasteiger charge is 2.55. The van der Waals surface area contributed by atoms with E-state index in [1.54, 1.807) is 9.80 Å². The first-order chi connectivity index (χ1) is 14.6. The lowest BCUT2D eigenvalue weighted by atomic mass is 9.56. The van der Waals surface area contributed by atoms with Gasteiger partial charge < -0.3 is 19.9 Å². The molecule has 0 radical (unpaired) electrons. The highest BCUT2D eigenvalue weighted by atomic mass is 19.3. The number of amides is 3. The van der Waals surface area contributed by atoms with Crippen LogP contribution in [-0.2, 0) is 15.5 Å². The molecule has 6 nitrogen and oxygen atoms in total. The van der Waals surface area contributed by atoms with Crippen LogP contribution in [0.25, 0.3) is 0 Å². The number of nitrogens with zero attached hydrogens (tertiary/aromatic N) is 2. The number of carbonyl (C=O) groups is 2. The topological polar surface area (TPSA) is 61.9 Å². The van der Waals surface area contributed by atoms with Gasteiger partial charge in [0.05, 0.1) is 12.1 Å². The molecule has 3 saturated heterocycles. The molecule has 1 aliphatic carbocycles. The maximum absolute atomic E-state index is 14.4. The van der Waals surface area contributed by atoms with Gasteiger partial charge in [0.2, 0.25) is 5.91 Å². The van der Waals surface area contributed by atoms with Crippen molar-refractivity contribution in [2.75, 3.05) is 32.8 Å². The van der Waals surface area contributed by atoms with E-state index in [0.717, 1.165) is 25.8 Å². The molecule has 1 aromatic rings. The summed E-state index contributed by atoms with van der Waals surface area (Å²) in [5.41, 5.74) is 0.172. The van der Waals surface area contributed by atoms with Crippen molar-refractivity contribution >= 4 is 11.9 Å². The monoisotopic (exact) mass is 437 g/mol. The Labute approximate surface area is 178 Å². The number of hydrogen-bond acceptors (Lipinski definition) is 3. The minimum absolute atomic E-state index is 0.000615. The highest BCUT2D eigenvalue weighted by molar-refractivity contribution is 5.79. The van der Waals surface area contributed by atoms with E-state index in [-0.39, 0.29) is 47.6 Å². The normalized spacial score (nSPS) is 27.9. The van der Waals surface area contributed by atoms with E-state index in [1.165, 1.54) is 12.1 Å². The lowest BCUT2D eigenvalue weighted by molar-refractivity contribution is -0.140. The molecule has 9 heteroatoms. The summed E-state index contributed by atoms with van der Waals surface area (Å²) in [7, 11) is 0. The van der Waals surface area contributed by atoms with Crippen molar-refractivity contribution in [3.8, 4) is 0 Å². The molecule has 4 fully saturated rings. The summed E-state index contributed by atoms with van der Waals surface area (Å²) < 4.78 is 46.7. The number of fused-ring (bicyclic) bond motifs is 1. The van der Waals surface area contributed by atoms with E-state index < -0.39 is 11.7 Å².